The third kappa shape index (κ3) is 3.51. The van der Waals surface area contributed by atoms with E-state index in [1.54, 1.807) is 0 Å². The van der Waals surface area contributed by atoms with E-state index in [1.807, 2.05) is 12.4 Å². The second-order valence-corrected chi connectivity index (χ2v) is 4.97. The van der Waals surface area contributed by atoms with Crippen LogP contribution in [0.4, 0.5) is 0 Å². The van der Waals surface area contributed by atoms with Crippen molar-refractivity contribution in [2.24, 2.45) is 5.92 Å². The lowest BCUT2D eigenvalue weighted by molar-refractivity contribution is 0.226. The Morgan fingerprint density at radius 1 is 1.41 bits per heavy atom. The van der Waals surface area contributed by atoms with E-state index in [-0.39, 0.29) is 0 Å². The quantitative estimate of drug-likeness (QED) is 0.842. The largest absolute Gasteiger partial charge is 0.314 e. The molecule has 17 heavy (non-hydrogen) atoms. The van der Waals surface area contributed by atoms with Gasteiger partial charge in [0.25, 0.3) is 0 Å². The van der Waals surface area contributed by atoms with Gasteiger partial charge in [0.05, 0.1) is 0 Å². The van der Waals surface area contributed by atoms with Crippen molar-refractivity contribution < 1.29 is 0 Å². The fourth-order valence-electron chi connectivity index (χ4n) is 2.55. The van der Waals surface area contributed by atoms with E-state index < -0.39 is 0 Å². The molecular formula is C14H23N3. The van der Waals surface area contributed by atoms with Crippen molar-refractivity contribution in [1.29, 1.82) is 0 Å². The summed E-state index contributed by atoms with van der Waals surface area (Å²) in [5.74, 6) is 0.803. The normalized spacial score (nSPS) is 24.4. The van der Waals surface area contributed by atoms with E-state index in [2.05, 4.69) is 41.2 Å². The van der Waals surface area contributed by atoms with Crippen LogP contribution in [-0.4, -0.2) is 35.6 Å². The van der Waals surface area contributed by atoms with E-state index in [4.69, 9.17) is 0 Å². The molecule has 1 N–H and O–H groups in total. The molecule has 2 heterocycles. The molecule has 1 aliphatic heterocycles. The molecule has 1 aromatic rings. The maximum atomic E-state index is 4.07. The van der Waals surface area contributed by atoms with Crippen molar-refractivity contribution in [1.82, 2.24) is 15.2 Å². The Balaban J connectivity index is 1.88. The first-order valence-electron chi connectivity index (χ1n) is 6.64. The summed E-state index contributed by atoms with van der Waals surface area (Å²) in [5.41, 5.74) is 1.36. The first-order valence-corrected chi connectivity index (χ1v) is 6.64. The SMILES string of the molecule is CCN(Cc1ccncc1)CC1CCNC1C. The number of nitrogens with zero attached hydrogens (tertiary/aromatic N) is 2. The molecule has 0 spiro atoms. The Hall–Kier alpha value is -0.930. The van der Waals surface area contributed by atoms with Gasteiger partial charge in [-0.1, -0.05) is 6.92 Å². The van der Waals surface area contributed by atoms with E-state index in [9.17, 15) is 0 Å². The van der Waals surface area contributed by atoms with E-state index in [0.717, 1.165) is 19.0 Å². The standard InChI is InChI=1S/C14H23N3/c1-3-17(10-13-4-7-15-8-5-13)11-14-6-9-16-12(14)2/h4-5,7-8,12,14,16H,3,6,9-11H2,1-2H3. The summed E-state index contributed by atoms with van der Waals surface area (Å²) < 4.78 is 0. The second kappa shape index (κ2) is 6.12. The Kier molecular flexibility index (Phi) is 4.51. The Morgan fingerprint density at radius 2 is 2.18 bits per heavy atom. The zero-order valence-corrected chi connectivity index (χ0v) is 10.9. The monoisotopic (exact) mass is 233 g/mol. The first kappa shape index (κ1) is 12.5. The average molecular weight is 233 g/mol. The summed E-state index contributed by atoms with van der Waals surface area (Å²) in [6.45, 7) is 9.09. The summed E-state index contributed by atoms with van der Waals surface area (Å²) in [6.07, 6.45) is 5.07. The molecule has 0 bridgehead atoms. The Morgan fingerprint density at radius 3 is 2.76 bits per heavy atom. The van der Waals surface area contributed by atoms with Gasteiger partial charge in [-0.3, -0.25) is 9.88 Å². The Bertz CT molecular complexity index is 325. The van der Waals surface area contributed by atoms with Crippen LogP contribution in [0, 0.1) is 5.92 Å². The first-order chi connectivity index (χ1) is 8.29. The van der Waals surface area contributed by atoms with Gasteiger partial charge in [0.15, 0.2) is 0 Å². The minimum atomic E-state index is 0.668. The van der Waals surface area contributed by atoms with Gasteiger partial charge in [-0.25, -0.2) is 0 Å². The number of aromatic nitrogens is 1. The minimum absolute atomic E-state index is 0.668. The molecule has 2 atom stereocenters. The molecule has 0 saturated carbocycles. The lowest BCUT2D eigenvalue weighted by atomic mass is 10.0. The molecule has 94 valence electrons. The Labute approximate surface area is 104 Å². The van der Waals surface area contributed by atoms with Crippen molar-refractivity contribution in [2.45, 2.75) is 32.9 Å². The highest BCUT2D eigenvalue weighted by Gasteiger charge is 2.24. The van der Waals surface area contributed by atoms with Gasteiger partial charge in [-0.2, -0.15) is 0 Å². The van der Waals surface area contributed by atoms with Gasteiger partial charge in [0.1, 0.15) is 0 Å². The fourth-order valence-corrected chi connectivity index (χ4v) is 2.55. The molecular weight excluding hydrogens is 210 g/mol. The maximum absolute atomic E-state index is 4.07. The average Bonchev–Trinajstić information content (AvgIpc) is 2.75. The summed E-state index contributed by atoms with van der Waals surface area (Å²) in [5, 5.41) is 3.53. The van der Waals surface area contributed by atoms with Crippen molar-refractivity contribution in [3.8, 4) is 0 Å². The predicted octanol–water partition coefficient (Wildman–Crippen LogP) is 1.90. The van der Waals surface area contributed by atoms with Crippen LogP contribution in [0.1, 0.15) is 25.8 Å². The molecule has 1 fully saturated rings. The number of hydrogen-bond donors (Lipinski definition) is 1. The molecule has 0 aliphatic carbocycles. The third-order valence-corrected chi connectivity index (χ3v) is 3.78. The molecule has 1 aromatic heterocycles. The van der Waals surface area contributed by atoms with Crippen LogP contribution in [0.2, 0.25) is 0 Å². The predicted molar refractivity (Wildman–Crippen MR) is 70.8 cm³/mol. The highest BCUT2D eigenvalue weighted by atomic mass is 15.1. The van der Waals surface area contributed by atoms with Crippen LogP contribution in [0.5, 0.6) is 0 Å². The number of rotatable bonds is 5. The van der Waals surface area contributed by atoms with Gasteiger partial charge >= 0.3 is 0 Å². The molecule has 3 nitrogen and oxygen atoms in total. The molecule has 3 heteroatoms. The van der Waals surface area contributed by atoms with Crippen LogP contribution >= 0.6 is 0 Å². The molecule has 0 radical (unpaired) electrons. The van der Waals surface area contributed by atoms with Crippen molar-refractivity contribution in [3.63, 3.8) is 0 Å². The van der Waals surface area contributed by atoms with Crippen LogP contribution in [0.25, 0.3) is 0 Å². The summed E-state index contributed by atoms with van der Waals surface area (Å²) in [7, 11) is 0. The van der Waals surface area contributed by atoms with Gasteiger partial charge < -0.3 is 5.32 Å². The van der Waals surface area contributed by atoms with E-state index in [1.165, 1.54) is 25.1 Å². The van der Waals surface area contributed by atoms with Gasteiger partial charge in [-0.05, 0) is 50.0 Å². The molecule has 1 saturated heterocycles. The van der Waals surface area contributed by atoms with Crippen LogP contribution in [0.15, 0.2) is 24.5 Å². The van der Waals surface area contributed by atoms with Crippen LogP contribution in [-0.2, 0) is 6.54 Å². The molecule has 0 aromatic carbocycles. The smallest absolute Gasteiger partial charge is 0.0271 e. The van der Waals surface area contributed by atoms with Crippen LogP contribution < -0.4 is 5.32 Å². The third-order valence-electron chi connectivity index (χ3n) is 3.78. The number of nitrogens with one attached hydrogen (secondary N) is 1. The van der Waals surface area contributed by atoms with E-state index >= 15 is 0 Å². The zero-order valence-electron chi connectivity index (χ0n) is 10.9. The lowest BCUT2D eigenvalue weighted by Crippen LogP contribution is -2.34. The molecule has 2 unspecified atom stereocenters. The second-order valence-electron chi connectivity index (χ2n) is 4.97. The highest BCUT2D eigenvalue weighted by Crippen LogP contribution is 2.17. The summed E-state index contributed by atoms with van der Waals surface area (Å²) in [6, 6.07) is 4.89. The number of pyridine rings is 1. The van der Waals surface area contributed by atoms with Gasteiger partial charge in [-0.15, -0.1) is 0 Å². The topological polar surface area (TPSA) is 28.2 Å². The van der Waals surface area contributed by atoms with Crippen molar-refractivity contribution in [3.05, 3.63) is 30.1 Å². The number of hydrogen-bond acceptors (Lipinski definition) is 3. The van der Waals surface area contributed by atoms with Crippen molar-refractivity contribution in [2.75, 3.05) is 19.6 Å². The van der Waals surface area contributed by atoms with Crippen LogP contribution in [0.3, 0.4) is 0 Å². The molecule has 1 aliphatic rings. The van der Waals surface area contributed by atoms with E-state index in [0.29, 0.717) is 6.04 Å². The highest BCUT2D eigenvalue weighted by molar-refractivity contribution is 5.09. The molecule has 0 amide bonds. The fraction of sp³-hybridized carbons (Fsp3) is 0.643. The lowest BCUT2D eigenvalue weighted by Gasteiger charge is -2.26. The van der Waals surface area contributed by atoms with Gasteiger partial charge in [0, 0.05) is 31.5 Å². The van der Waals surface area contributed by atoms with Gasteiger partial charge in [0.2, 0.25) is 0 Å². The summed E-state index contributed by atoms with van der Waals surface area (Å²) >= 11 is 0. The maximum Gasteiger partial charge on any atom is 0.0271 e. The zero-order chi connectivity index (χ0) is 12.1. The van der Waals surface area contributed by atoms with Crippen molar-refractivity contribution >= 4 is 0 Å². The summed E-state index contributed by atoms with van der Waals surface area (Å²) in [4.78, 5) is 6.60. The molecule has 2 rings (SSSR count). The minimum Gasteiger partial charge on any atom is -0.314 e.